The van der Waals surface area contributed by atoms with Gasteiger partial charge in [0, 0.05) is 18.3 Å². The van der Waals surface area contributed by atoms with E-state index in [-0.39, 0.29) is 17.9 Å². The number of carbonyl (C=O) groups excluding carboxylic acids is 1. The number of urea groups is 1. The third kappa shape index (κ3) is 5.57. The highest BCUT2D eigenvalue weighted by Crippen LogP contribution is 2.19. The van der Waals surface area contributed by atoms with E-state index >= 15 is 0 Å². The molecule has 3 N–H and O–H groups in total. The number of piperidine rings is 1. The Hall–Kier alpha value is -2.40. The van der Waals surface area contributed by atoms with Crippen LogP contribution in [0.3, 0.4) is 0 Å². The summed E-state index contributed by atoms with van der Waals surface area (Å²) >= 11 is 0. The van der Waals surface area contributed by atoms with Gasteiger partial charge in [-0.25, -0.2) is 9.18 Å². The van der Waals surface area contributed by atoms with Crippen molar-refractivity contribution in [2.45, 2.75) is 25.3 Å². The molecule has 2 aromatic rings. The van der Waals surface area contributed by atoms with Crippen molar-refractivity contribution < 1.29 is 9.18 Å². The quantitative estimate of drug-likeness (QED) is 0.779. The number of nitrogens with one attached hydrogen (secondary N) is 3. The summed E-state index contributed by atoms with van der Waals surface area (Å²) in [5.41, 5.74) is 1.83. The molecule has 1 saturated heterocycles. The van der Waals surface area contributed by atoms with Crippen molar-refractivity contribution in [3.8, 4) is 0 Å². The molecule has 25 heavy (non-hydrogen) atoms. The number of anilines is 1. The van der Waals surface area contributed by atoms with E-state index in [0.717, 1.165) is 25.8 Å². The Kier molecular flexibility index (Phi) is 6.01. The van der Waals surface area contributed by atoms with E-state index in [1.54, 1.807) is 12.1 Å². The molecule has 0 bridgehead atoms. The van der Waals surface area contributed by atoms with Gasteiger partial charge < -0.3 is 16.0 Å². The van der Waals surface area contributed by atoms with Crippen LogP contribution in [0.5, 0.6) is 0 Å². The molecule has 2 atom stereocenters. The van der Waals surface area contributed by atoms with Crippen molar-refractivity contribution in [2.24, 2.45) is 5.92 Å². The van der Waals surface area contributed by atoms with Crippen LogP contribution >= 0.6 is 0 Å². The van der Waals surface area contributed by atoms with Crippen LogP contribution in [-0.2, 0) is 6.42 Å². The fourth-order valence-electron chi connectivity index (χ4n) is 3.23. The highest BCUT2D eigenvalue weighted by Gasteiger charge is 2.21. The topological polar surface area (TPSA) is 53.2 Å². The van der Waals surface area contributed by atoms with Crippen LogP contribution in [0.4, 0.5) is 14.9 Å². The Labute approximate surface area is 147 Å². The van der Waals surface area contributed by atoms with Crippen molar-refractivity contribution in [3.05, 3.63) is 66.0 Å². The molecule has 4 nitrogen and oxygen atoms in total. The maximum absolute atomic E-state index is 13.1. The summed E-state index contributed by atoms with van der Waals surface area (Å²) in [5.74, 6) is 0.274. The van der Waals surface area contributed by atoms with E-state index in [4.69, 9.17) is 0 Å². The van der Waals surface area contributed by atoms with Crippen molar-refractivity contribution in [2.75, 3.05) is 18.4 Å². The van der Waals surface area contributed by atoms with Gasteiger partial charge in [-0.15, -0.1) is 0 Å². The molecule has 5 heteroatoms. The lowest BCUT2D eigenvalue weighted by atomic mass is 9.89. The van der Waals surface area contributed by atoms with Gasteiger partial charge in [0.2, 0.25) is 0 Å². The van der Waals surface area contributed by atoms with Gasteiger partial charge in [0.05, 0.1) is 0 Å². The van der Waals surface area contributed by atoms with Crippen LogP contribution in [-0.4, -0.2) is 25.2 Å². The zero-order valence-corrected chi connectivity index (χ0v) is 14.2. The zero-order valence-electron chi connectivity index (χ0n) is 14.2. The maximum Gasteiger partial charge on any atom is 0.319 e. The molecule has 1 fully saturated rings. The minimum absolute atomic E-state index is 0.283. The van der Waals surface area contributed by atoms with Crippen LogP contribution in [0, 0.1) is 11.7 Å². The van der Waals surface area contributed by atoms with E-state index in [0.29, 0.717) is 18.2 Å². The zero-order chi connectivity index (χ0) is 17.5. The van der Waals surface area contributed by atoms with Gasteiger partial charge in [-0.2, -0.15) is 0 Å². The molecule has 2 amide bonds. The lowest BCUT2D eigenvalue weighted by Gasteiger charge is -2.30. The number of rotatable bonds is 5. The van der Waals surface area contributed by atoms with E-state index < -0.39 is 0 Å². The molecule has 0 aliphatic carbocycles. The minimum atomic E-state index is -0.365. The van der Waals surface area contributed by atoms with E-state index in [1.807, 2.05) is 6.07 Å². The molecule has 0 radical (unpaired) electrons. The van der Waals surface area contributed by atoms with Crippen molar-refractivity contribution in [1.82, 2.24) is 10.6 Å². The fourth-order valence-corrected chi connectivity index (χ4v) is 3.23. The molecule has 1 aliphatic rings. The van der Waals surface area contributed by atoms with Crippen LogP contribution < -0.4 is 16.0 Å². The second-order valence-corrected chi connectivity index (χ2v) is 6.58. The first-order chi connectivity index (χ1) is 12.2. The summed E-state index contributed by atoms with van der Waals surface area (Å²) < 4.78 is 13.1. The number of hydrogen-bond acceptors (Lipinski definition) is 2. The molecule has 1 heterocycles. The molecule has 1 aliphatic heterocycles. The normalized spacial score (nSPS) is 20.0. The Morgan fingerprint density at radius 1 is 1.12 bits per heavy atom. The van der Waals surface area contributed by atoms with Gasteiger partial charge in [-0.1, -0.05) is 36.4 Å². The summed E-state index contributed by atoms with van der Waals surface area (Å²) in [7, 11) is 0. The SMILES string of the molecule is O=C(NC[C@@H]1CC[C@@H](Cc2ccccc2)CN1)Nc1cccc(F)c1. The number of carbonyl (C=O) groups is 1. The van der Waals surface area contributed by atoms with Gasteiger partial charge in [-0.05, 0) is 55.5 Å². The Bertz CT molecular complexity index is 684. The van der Waals surface area contributed by atoms with Crippen LogP contribution in [0.2, 0.25) is 0 Å². The third-order valence-corrected chi connectivity index (χ3v) is 4.58. The first-order valence-electron chi connectivity index (χ1n) is 8.77. The lowest BCUT2D eigenvalue weighted by molar-refractivity contribution is 0.247. The summed E-state index contributed by atoms with van der Waals surface area (Å²) in [4.78, 5) is 11.9. The largest absolute Gasteiger partial charge is 0.336 e. The average Bonchev–Trinajstić information content (AvgIpc) is 2.62. The summed E-state index contributed by atoms with van der Waals surface area (Å²) in [5, 5.41) is 9.01. The Balaban J connectivity index is 1.37. The van der Waals surface area contributed by atoms with Crippen LogP contribution in [0.15, 0.2) is 54.6 Å². The molecule has 0 saturated carbocycles. The molecule has 0 unspecified atom stereocenters. The summed E-state index contributed by atoms with van der Waals surface area (Å²) in [6.45, 7) is 1.53. The monoisotopic (exact) mass is 341 g/mol. The van der Waals surface area contributed by atoms with Crippen LogP contribution in [0.1, 0.15) is 18.4 Å². The standard InChI is InChI=1S/C20H24FN3O/c21-17-7-4-8-18(12-17)24-20(25)23-14-19-10-9-16(13-22-19)11-15-5-2-1-3-6-15/h1-8,12,16,19,22H,9-11,13-14H2,(H2,23,24,25)/t16-,19-/m0/s1. The highest BCUT2D eigenvalue weighted by atomic mass is 19.1. The van der Waals surface area contributed by atoms with Crippen LogP contribution in [0.25, 0.3) is 0 Å². The lowest BCUT2D eigenvalue weighted by Crippen LogP contribution is -2.47. The van der Waals surface area contributed by atoms with Gasteiger partial charge in [0.1, 0.15) is 5.82 Å². The average molecular weight is 341 g/mol. The smallest absolute Gasteiger partial charge is 0.319 e. The van der Waals surface area contributed by atoms with E-state index in [1.165, 1.54) is 17.7 Å². The minimum Gasteiger partial charge on any atom is -0.336 e. The van der Waals surface area contributed by atoms with Crippen molar-refractivity contribution in [3.63, 3.8) is 0 Å². The fraction of sp³-hybridized carbons (Fsp3) is 0.350. The number of hydrogen-bond donors (Lipinski definition) is 3. The first kappa shape index (κ1) is 17.4. The van der Waals surface area contributed by atoms with Crippen molar-refractivity contribution >= 4 is 11.7 Å². The van der Waals surface area contributed by atoms with Crippen molar-refractivity contribution in [1.29, 1.82) is 0 Å². The predicted molar refractivity (Wildman–Crippen MR) is 98.1 cm³/mol. The van der Waals surface area contributed by atoms with Gasteiger partial charge in [-0.3, -0.25) is 0 Å². The second kappa shape index (κ2) is 8.62. The Morgan fingerprint density at radius 2 is 1.96 bits per heavy atom. The third-order valence-electron chi connectivity index (χ3n) is 4.58. The van der Waals surface area contributed by atoms with Gasteiger partial charge >= 0.3 is 6.03 Å². The van der Waals surface area contributed by atoms with Gasteiger partial charge in [0.25, 0.3) is 0 Å². The van der Waals surface area contributed by atoms with E-state index in [9.17, 15) is 9.18 Å². The first-order valence-corrected chi connectivity index (χ1v) is 8.77. The number of halogens is 1. The molecule has 0 spiro atoms. The molecule has 2 aromatic carbocycles. The predicted octanol–water partition coefficient (Wildman–Crippen LogP) is 3.56. The Morgan fingerprint density at radius 3 is 2.68 bits per heavy atom. The van der Waals surface area contributed by atoms with Gasteiger partial charge in [0.15, 0.2) is 0 Å². The number of benzene rings is 2. The summed E-state index contributed by atoms with van der Waals surface area (Å²) in [6.07, 6.45) is 3.28. The van der Waals surface area contributed by atoms with E-state index in [2.05, 4.69) is 40.2 Å². The maximum atomic E-state index is 13.1. The number of amides is 2. The molecular weight excluding hydrogens is 317 g/mol. The second-order valence-electron chi connectivity index (χ2n) is 6.58. The molecular formula is C20H24FN3O. The molecule has 132 valence electrons. The summed E-state index contributed by atoms with van der Waals surface area (Å²) in [6, 6.07) is 16.4. The molecule has 0 aromatic heterocycles. The molecule has 3 rings (SSSR count). The highest BCUT2D eigenvalue weighted by molar-refractivity contribution is 5.89.